The fraction of sp³-hybridized carbons (Fsp3) is 0.290. The van der Waals surface area contributed by atoms with Crippen LogP contribution in [0.25, 0.3) is 11.4 Å². The lowest BCUT2D eigenvalue weighted by Gasteiger charge is -2.38. The van der Waals surface area contributed by atoms with Gasteiger partial charge in [0.2, 0.25) is 0 Å². The summed E-state index contributed by atoms with van der Waals surface area (Å²) in [5.41, 5.74) is 14.4. The molecule has 36 heavy (non-hydrogen) atoms. The largest absolute Gasteiger partial charge is 0.321 e. The van der Waals surface area contributed by atoms with Gasteiger partial charge in [-0.25, -0.2) is 15.0 Å². The Kier molecular flexibility index (Phi) is 8.01. The number of benzene rings is 2. The number of aryl methyl sites for hydroxylation is 3. The van der Waals surface area contributed by atoms with Crippen molar-refractivity contribution in [1.29, 1.82) is 0 Å². The molecule has 0 atom stereocenters. The van der Waals surface area contributed by atoms with Gasteiger partial charge in [0.15, 0.2) is 5.82 Å². The van der Waals surface area contributed by atoms with Gasteiger partial charge >= 0.3 is 0 Å². The maximum atomic E-state index is 6.17. The maximum absolute atomic E-state index is 6.17. The molecule has 2 heterocycles. The second kappa shape index (κ2) is 11.4. The van der Waals surface area contributed by atoms with Crippen LogP contribution in [0.3, 0.4) is 0 Å². The standard InChI is InChI=1S/C20H20N4.C11H15N/c1-4-16-11-8-12-21-19(16)15(3)23-18-13-22-20(24-14(18)2)17-9-6-5-7-10-17;1-9-3-5-10(6-4-9)11(12)7-2-8-11/h5-13H,4H2,1-3H3;3-6H,2,7-8,12H2,1H3. The van der Waals surface area contributed by atoms with Crippen LogP contribution in [0.4, 0.5) is 5.69 Å². The van der Waals surface area contributed by atoms with Crippen molar-refractivity contribution in [3.05, 3.63) is 107 Å². The lowest BCUT2D eigenvalue weighted by molar-refractivity contribution is 0.253. The number of pyridine rings is 1. The van der Waals surface area contributed by atoms with Crippen molar-refractivity contribution < 1.29 is 0 Å². The van der Waals surface area contributed by atoms with E-state index in [1.807, 2.05) is 50.2 Å². The van der Waals surface area contributed by atoms with Crippen molar-refractivity contribution in [3.63, 3.8) is 0 Å². The molecule has 5 heteroatoms. The minimum Gasteiger partial charge on any atom is -0.321 e. The van der Waals surface area contributed by atoms with Crippen LogP contribution in [0, 0.1) is 13.8 Å². The summed E-state index contributed by atoms with van der Waals surface area (Å²) in [5.74, 6) is 0.719. The van der Waals surface area contributed by atoms with Gasteiger partial charge in [-0.15, -0.1) is 0 Å². The third-order valence-electron chi connectivity index (χ3n) is 6.76. The summed E-state index contributed by atoms with van der Waals surface area (Å²) >= 11 is 0. The molecule has 0 unspecified atom stereocenters. The first-order valence-electron chi connectivity index (χ1n) is 12.6. The molecule has 2 N–H and O–H groups in total. The zero-order valence-corrected chi connectivity index (χ0v) is 21.7. The molecule has 2 aromatic heterocycles. The van der Waals surface area contributed by atoms with Crippen molar-refractivity contribution in [2.45, 2.75) is 58.9 Å². The molecule has 0 radical (unpaired) electrons. The summed E-state index contributed by atoms with van der Waals surface area (Å²) in [6.45, 7) is 8.16. The average molecular weight is 478 g/mol. The van der Waals surface area contributed by atoms with Crippen LogP contribution < -0.4 is 5.73 Å². The first-order valence-corrected chi connectivity index (χ1v) is 12.6. The molecule has 1 fully saturated rings. The smallest absolute Gasteiger partial charge is 0.159 e. The van der Waals surface area contributed by atoms with Crippen LogP contribution in [-0.2, 0) is 12.0 Å². The highest BCUT2D eigenvalue weighted by molar-refractivity contribution is 5.99. The fourth-order valence-electron chi connectivity index (χ4n) is 4.31. The van der Waals surface area contributed by atoms with E-state index in [9.17, 15) is 0 Å². The Bertz CT molecular complexity index is 1320. The Labute approximate surface area is 214 Å². The predicted molar refractivity (Wildman–Crippen MR) is 149 cm³/mol. The average Bonchev–Trinajstić information content (AvgIpc) is 2.89. The molecule has 0 amide bonds. The summed E-state index contributed by atoms with van der Waals surface area (Å²) < 4.78 is 0. The van der Waals surface area contributed by atoms with E-state index in [0.29, 0.717) is 0 Å². The molecule has 1 saturated carbocycles. The van der Waals surface area contributed by atoms with Crippen molar-refractivity contribution in [1.82, 2.24) is 15.0 Å². The van der Waals surface area contributed by atoms with Crippen LogP contribution >= 0.6 is 0 Å². The van der Waals surface area contributed by atoms with Crippen molar-refractivity contribution in [2.75, 3.05) is 0 Å². The Morgan fingerprint density at radius 3 is 2.28 bits per heavy atom. The van der Waals surface area contributed by atoms with Crippen molar-refractivity contribution in [2.24, 2.45) is 10.7 Å². The van der Waals surface area contributed by atoms with Crippen molar-refractivity contribution in [3.8, 4) is 11.4 Å². The van der Waals surface area contributed by atoms with E-state index in [1.54, 1.807) is 12.4 Å². The zero-order chi connectivity index (χ0) is 25.5. The summed E-state index contributed by atoms with van der Waals surface area (Å²) in [6.07, 6.45) is 8.09. The zero-order valence-electron chi connectivity index (χ0n) is 21.7. The van der Waals surface area contributed by atoms with E-state index < -0.39 is 0 Å². The summed E-state index contributed by atoms with van der Waals surface area (Å²) in [7, 11) is 0. The summed E-state index contributed by atoms with van der Waals surface area (Å²) in [5, 5.41) is 0. The third kappa shape index (κ3) is 5.92. The first kappa shape index (κ1) is 25.4. The van der Waals surface area contributed by atoms with Gasteiger partial charge in [0.05, 0.1) is 23.3 Å². The molecule has 1 aliphatic rings. The van der Waals surface area contributed by atoms with E-state index >= 15 is 0 Å². The highest BCUT2D eigenvalue weighted by Crippen LogP contribution is 2.38. The minimum atomic E-state index is 0.00764. The Hall–Kier alpha value is -3.70. The van der Waals surface area contributed by atoms with Gasteiger partial charge in [0.1, 0.15) is 5.69 Å². The number of aromatic nitrogens is 3. The SMILES string of the molecule is CCc1cccnc1C(C)=Nc1cnc(-c2ccccc2)nc1C.Cc1ccc(C2(N)CCC2)cc1. The van der Waals surface area contributed by atoms with E-state index in [4.69, 9.17) is 10.7 Å². The number of hydrogen-bond donors (Lipinski definition) is 1. The maximum Gasteiger partial charge on any atom is 0.159 e. The highest BCUT2D eigenvalue weighted by Gasteiger charge is 2.33. The predicted octanol–water partition coefficient (Wildman–Crippen LogP) is 6.88. The second-order valence-corrected chi connectivity index (χ2v) is 9.47. The number of nitrogens with two attached hydrogens (primary N) is 1. The number of rotatable bonds is 5. The molecular weight excluding hydrogens is 442 g/mol. The first-order chi connectivity index (χ1) is 17.4. The normalized spacial score (nSPS) is 14.4. The molecular formula is C31H35N5. The topological polar surface area (TPSA) is 77.0 Å². The van der Waals surface area contributed by atoms with Gasteiger partial charge in [-0.1, -0.05) is 73.2 Å². The second-order valence-electron chi connectivity index (χ2n) is 9.47. The molecule has 1 aliphatic carbocycles. The van der Waals surface area contributed by atoms with Crippen molar-refractivity contribution >= 4 is 11.4 Å². The quantitative estimate of drug-likeness (QED) is 0.318. The third-order valence-corrected chi connectivity index (χ3v) is 6.76. The van der Waals surface area contributed by atoms with Gasteiger partial charge in [-0.05, 0) is 63.6 Å². The monoisotopic (exact) mass is 477 g/mol. The van der Waals surface area contributed by atoms with Crippen LogP contribution in [-0.4, -0.2) is 20.7 Å². The molecule has 0 saturated heterocycles. The molecule has 184 valence electrons. The lowest BCUT2D eigenvalue weighted by atomic mass is 9.73. The van der Waals surface area contributed by atoms with Gasteiger partial charge < -0.3 is 5.73 Å². The van der Waals surface area contributed by atoms with E-state index in [0.717, 1.165) is 53.4 Å². The van der Waals surface area contributed by atoms with E-state index in [-0.39, 0.29) is 5.54 Å². The lowest BCUT2D eigenvalue weighted by Crippen LogP contribution is -2.43. The van der Waals surface area contributed by atoms with E-state index in [1.165, 1.54) is 23.1 Å². The number of aliphatic imine (C=N–C) groups is 1. The van der Waals surface area contributed by atoms with Gasteiger partial charge in [0.25, 0.3) is 0 Å². The highest BCUT2D eigenvalue weighted by atomic mass is 14.9. The minimum absolute atomic E-state index is 0.00764. The molecule has 5 rings (SSSR count). The molecule has 0 bridgehead atoms. The van der Waals surface area contributed by atoms with Crippen LogP contribution in [0.15, 0.2) is 84.1 Å². The Morgan fingerprint density at radius 2 is 1.67 bits per heavy atom. The Balaban J connectivity index is 0.000000211. The molecule has 0 spiro atoms. The number of nitrogens with zero attached hydrogens (tertiary/aromatic N) is 4. The Morgan fingerprint density at radius 1 is 0.944 bits per heavy atom. The van der Waals surface area contributed by atoms with E-state index in [2.05, 4.69) is 59.1 Å². The molecule has 2 aromatic carbocycles. The molecule has 5 nitrogen and oxygen atoms in total. The van der Waals surface area contributed by atoms with Gasteiger partial charge in [-0.2, -0.15) is 0 Å². The molecule has 4 aromatic rings. The van der Waals surface area contributed by atoms with Gasteiger partial charge in [0, 0.05) is 17.3 Å². The van der Waals surface area contributed by atoms with Crippen LogP contribution in [0.5, 0.6) is 0 Å². The summed E-state index contributed by atoms with van der Waals surface area (Å²) in [6, 6.07) is 22.6. The van der Waals surface area contributed by atoms with Crippen LogP contribution in [0.1, 0.15) is 61.2 Å². The number of hydrogen-bond acceptors (Lipinski definition) is 5. The van der Waals surface area contributed by atoms with Crippen LogP contribution in [0.2, 0.25) is 0 Å². The fourth-order valence-corrected chi connectivity index (χ4v) is 4.31. The van der Waals surface area contributed by atoms with Gasteiger partial charge in [-0.3, -0.25) is 4.98 Å². The molecule has 0 aliphatic heterocycles. The summed E-state index contributed by atoms with van der Waals surface area (Å²) in [4.78, 5) is 18.2.